The summed E-state index contributed by atoms with van der Waals surface area (Å²) < 4.78 is 40.0. The first kappa shape index (κ1) is 26.0. The molecule has 7 nitrogen and oxygen atoms in total. The predicted molar refractivity (Wildman–Crippen MR) is 128 cm³/mol. The quantitative estimate of drug-likeness (QED) is 0.392. The van der Waals surface area contributed by atoms with Crippen LogP contribution in [0, 0.1) is 11.6 Å². The van der Waals surface area contributed by atoms with Crippen molar-refractivity contribution in [2.75, 3.05) is 19.8 Å². The average Bonchev–Trinajstić information content (AvgIpc) is 3.26. The Bertz CT molecular complexity index is 1020. The van der Waals surface area contributed by atoms with Gasteiger partial charge < -0.3 is 30.3 Å². The molecule has 1 saturated heterocycles. The fourth-order valence-electron chi connectivity index (χ4n) is 5.06. The van der Waals surface area contributed by atoms with Crippen molar-refractivity contribution >= 4 is 22.0 Å². The number of halogens is 3. The molecule has 1 spiro atoms. The highest BCUT2D eigenvalue weighted by molar-refractivity contribution is 9.10. The maximum Gasteiger partial charge on any atom is 0.404 e. The standard InChI is InChI=1S/C25H29BrF2N2O5/c26-18-3-1-2-17(13-18)24(4-6-25(7-5-24)34-8-9-35-25)29-15-22(31)21(30-23(32)33)12-16-10-19(27)14-20(28)11-16/h1-3,10-11,13-14,21-22,29-31H,4-9,12,15H2,(H,32,33). The van der Waals surface area contributed by atoms with E-state index in [0.717, 1.165) is 28.2 Å². The summed E-state index contributed by atoms with van der Waals surface area (Å²) in [6.07, 6.45) is 0.145. The molecule has 35 heavy (non-hydrogen) atoms. The van der Waals surface area contributed by atoms with Crippen molar-refractivity contribution in [1.29, 1.82) is 0 Å². The molecule has 4 N–H and O–H groups in total. The van der Waals surface area contributed by atoms with Crippen LogP contribution < -0.4 is 10.6 Å². The number of nitrogens with one attached hydrogen (secondary N) is 2. The molecule has 1 aliphatic heterocycles. The maximum atomic E-state index is 13.7. The van der Waals surface area contributed by atoms with Gasteiger partial charge in [-0.1, -0.05) is 28.1 Å². The zero-order valence-electron chi connectivity index (χ0n) is 19.1. The van der Waals surface area contributed by atoms with Crippen molar-refractivity contribution in [2.24, 2.45) is 0 Å². The fraction of sp³-hybridized carbons (Fsp3) is 0.480. The first-order valence-corrected chi connectivity index (χ1v) is 12.4. The van der Waals surface area contributed by atoms with Crippen LogP contribution in [0.3, 0.4) is 0 Å². The van der Waals surface area contributed by atoms with Crippen molar-refractivity contribution < 1.29 is 33.3 Å². The Balaban J connectivity index is 1.51. The topological polar surface area (TPSA) is 100 Å². The number of hydrogen-bond acceptors (Lipinski definition) is 5. The Labute approximate surface area is 210 Å². The summed E-state index contributed by atoms with van der Waals surface area (Å²) in [6.45, 7) is 1.20. The monoisotopic (exact) mass is 554 g/mol. The molecule has 1 heterocycles. The van der Waals surface area contributed by atoms with Crippen molar-refractivity contribution in [3.05, 3.63) is 69.7 Å². The van der Waals surface area contributed by atoms with Gasteiger partial charge in [0.25, 0.3) is 0 Å². The van der Waals surface area contributed by atoms with Gasteiger partial charge in [-0.25, -0.2) is 13.6 Å². The van der Waals surface area contributed by atoms with Gasteiger partial charge in [0.05, 0.1) is 25.4 Å². The van der Waals surface area contributed by atoms with Crippen molar-refractivity contribution in [2.45, 2.75) is 55.6 Å². The van der Waals surface area contributed by atoms with Crippen LogP contribution in [0.4, 0.5) is 13.6 Å². The summed E-state index contributed by atoms with van der Waals surface area (Å²) in [7, 11) is 0. The van der Waals surface area contributed by atoms with Gasteiger partial charge in [-0.15, -0.1) is 0 Å². The summed E-state index contributed by atoms with van der Waals surface area (Å²) in [5, 5.41) is 26.0. The Morgan fingerprint density at radius 2 is 1.71 bits per heavy atom. The number of hydrogen-bond donors (Lipinski definition) is 4. The summed E-state index contributed by atoms with van der Waals surface area (Å²) in [6, 6.07) is 9.95. The highest BCUT2D eigenvalue weighted by Gasteiger charge is 2.47. The normalized spacial score (nSPS) is 20.5. The lowest BCUT2D eigenvalue weighted by molar-refractivity contribution is -0.187. The lowest BCUT2D eigenvalue weighted by atomic mass is 9.74. The molecule has 0 radical (unpaired) electrons. The van der Waals surface area contributed by atoms with Gasteiger partial charge in [0, 0.05) is 35.5 Å². The first-order valence-electron chi connectivity index (χ1n) is 11.6. The number of aliphatic hydroxyl groups is 1. The Morgan fingerprint density at radius 1 is 1.06 bits per heavy atom. The van der Waals surface area contributed by atoms with E-state index in [-0.39, 0.29) is 18.5 Å². The van der Waals surface area contributed by atoms with Crippen LogP contribution in [-0.4, -0.2) is 54.0 Å². The number of carboxylic acid groups (broad SMARTS) is 1. The number of rotatable bonds is 8. The minimum Gasteiger partial charge on any atom is -0.465 e. The van der Waals surface area contributed by atoms with Crippen LogP contribution in [0.2, 0.25) is 0 Å². The van der Waals surface area contributed by atoms with Crippen LogP contribution in [0.5, 0.6) is 0 Å². The fourth-order valence-corrected chi connectivity index (χ4v) is 5.46. The minimum atomic E-state index is -1.33. The van der Waals surface area contributed by atoms with E-state index in [1.807, 2.05) is 24.3 Å². The van der Waals surface area contributed by atoms with Gasteiger partial charge in [0.1, 0.15) is 11.6 Å². The molecule has 2 unspecified atom stereocenters. The van der Waals surface area contributed by atoms with E-state index in [1.54, 1.807) is 0 Å². The van der Waals surface area contributed by atoms with E-state index >= 15 is 0 Å². The van der Waals surface area contributed by atoms with Crippen LogP contribution in [-0.2, 0) is 21.4 Å². The van der Waals surface area contributed by atoms with E-state index in [4.69, 9.17) is 9.47 Å². The summed E-state index contributed by atoms with van der Waals surface area (Å²) in [5.74, 6) is -2.10. The number of aliphatic hydroxyl groups excluding tert-OH is 1. The SMILES string of the molecule is O=C(O)NC(Cc1cc(F)cc(F)c1)C(O)CNC1(c2cccc(Br)c2)CCC2(CC1)OCCO2. The van der Waals surface area contributed by atoms with Gasteiger partial charge in [-0.2, -0.15) is 0 Å². The van der Waals surface area contributed by atoms with Gasteiger partial charge in [-0.3, -0.25) is 0 Å². The lowest BCUT2D eigenvalue weighted by Gasteiger charge is -2.45. The van der Waals surface area contributed by atoms with Crippen LogP contribution in [0.15, 0.2) is 46.9 Å². The predicted octanol–water partition coefficient (Wildman–Crippen LogP) is 4.07. The summed E-state index contributed by atoms with van der Waals surface area (Å²) in [4.78, 5) is 11.4. The second kappa shape index (κ2) is 10.9. The Hall–Kier alpha value is -2.11. The van der Waals surface area contributed by atoms with E-state index < -0.39 is 41.2 Å². The van der Waals surface area contributed by atoms with Crippen LogP contribution in [0.1, 0.15) is 36.8 Å². The third kappa shape index (κ3) is 6.37. The van der Waals surface area contributed by atoms with Gasteiger partial charge in [0.2, 0.25) is 0 Å². The summed E-state index contributed by atoms with van der Waals surface area (Å²) >= 11 is 3.53. The molecule has 2 atom stereocenters. The first-order chi connectivity index (χ1) is 16.7. The number of amides is 1. The zero-order valence-corrected chi connectivity index (χ0v) is 20.7. The largest absolute Gasteiger partial charge is 0.465 e. The van der Waals surface area contributed by atoms with Gasteiger partial charge in [0.15, 0.2) is 5.79 Å². The molecule has 10 heteroatoms. The number of carbonyl (C=O) groups is 1. The molecule has 2 aromatic rings. The average molecular weight is 555 g/mol. The third-order valence-electron chi connectivity index (χ3n) is 6.86. The second-order valence-electron chi connectivity index (χ2n) is 9.19. The van der Waals surface area contributed by atoms with Crippen LogP contribution >= 0.6 is 15.9 Å². The van der Waals surface area contributed by atoms with E-state index in [2.05, 4.69) is 26.6 Å². The van der Waals surface area contributed by atoms with Crippen LogP contribution in [0.25, 0.3) is 0 Å². The zero-order chi connectivity index (χ0) is 25.1. The van der Waals surface area contributed by atoms with Gasteiger partial charge >= 0.3 is 6.09 Å². The molecule has 1 amide bonds. The maximum absolute atomic E-state index is 13.7. The molecule has 2 aromatic carbocycles. The number of benzene rings is 2. The van der Waals surface area contributed by atoms with Crippen molar-refractivity contribution in [1.82, 2.24) is 10.6 Å². The Morgan fingerprint density at radius 3 is 2.31 bits per heavy atom. The molecular formula is C25H29BrF2N2O5. The van der Waals surface area contributed by atoms with Crippen molar-refractivity contribution in [3.63, 3.8) is 0 Å². The van der Waals surface area contributed by atoms with E-state index in [9.17, 15) is 23.8 Å². The summed E-state index contributed by atoms with van der Waals surface area (Å²) in [5.41, 5.74) is 0.781. The van der Waals surface area contributed by atoms with Gasteiger partial charge in [-0.05, 0) is 54.7 Å². The highest BCUT2D eigenvalue weighted by atomic mass is 79.9. The molecular weight excluding hydrogens is 526 g/mol. The minimum absolute atomic E-state index is 0.0595. The smallest absolute Gasteiger partial charge is 0.404 e. The molecule has 1 saturated carbocycles. The number of ether oxygens (including phenoxy) is 2. The Kier molecular flexibility index (Phi) is 8.07. The molecule has 1 aliphatic carbocycles. The lowest BCUT2D eigenvalue weighted by Crippen LogP contribution is -2.55. The molecule has 0 bridgehead atoms. The molecule has 2 aliphatic rings. The van der Waals surface area contributed by atoms with Crippen molar-refractivity contribution in [3.8, 4) is 0 Å². The molecule has 2 fully saturated rings. The van der Waals surface area contributed by atoms with E-state index in [1.165, 1.54) is 0 Å². The molecule has 0 aromatic heterocycles. The highest BCUT2D eigenvalue weighted by Crippen LogP contribution is 2.45. The van der Waals surface area contributed by atoms with E-state index in [0.29, 0.717) is 38.9 Å². The molecule has 4 rings (SSSR count). The third-order valence-corrected chi connectivity index (χ3v) is 7.35. The second-order valence-corrected chi connectivity index (χ2v) is 10.1. The molecule has 190 valence electrons.